The van der Waals surface area contributed by atoms with E-state index in [2.05, 4.69) is 52.9 Å². The van der Waals surface area contributed by atoms with E-state index < -0.39 is 0 Å². The molecule has 0 radical (unpaired) electrons. The van der Waals surface area contributed by atoms with Crippen LogP contribution in [0.1, 0.15) is 18.1 Å². The Morgan fingerprint density at radius 1 is 1.43 bits per heavy atom. The normalized spacial score (nSPS) is 18.2. The first-order chi connectivity index (χ1) is 6.65. The fourth-order valence-electron chi connectivity index (χ4n) is 2.01. The molecular weight excluding hydrogens is 238 g/mol. The van der Waals surface area contributed by atoms with Gasteiger partial charge in [-0.1, -0.05) is 28.9 Å². The average molecular weight is 254 g/mol. The fraction of sp³-hybridized carbons (Fsp3) is 0.500. The van der Waals surface area contributed by atoms with E-state index in [9.17, 15) is 0 Å². The van der Waals surface area contributed by atoms with Gasteiger partial charge in [0.05, 0.1) is 0 Å². The first kappa shape index (κ1) is 10.2. The van der Waals surface area contributed by atoms with Crippen LogP contribution in [0.2, 0.25) is 0 Å². The lowest BCUT2D eigenvalue weighted by atomic mass is 10.0. The molecule has 1 aromatic carbocycles. The van der Waals surface area contributed by atoms with E-state index in [1.165, 1.54) is 28.7 Å². The molecule has 0 N–H and O–H groups in total. The summed E-state index contributed by atoms with van der Waals surface area (Å²) in [6.07, 6.45) is 0. The number of hydrogen-bond donors (Lipinski definition) is 0. The molecule has 1 aliphatic rings. The van der Waals surface area contributed by atoms with Crippen LogP contribution >= 0.6 is 15.9 Å². The predicted octanol–water partition coefficient (Wildman–Crippen LogP) is 3.21. The van der Waals surface area contributed by atoms with E-state index in [0.717, 1.165) is 12.5 Å². The summed E-state index contributed by atoms with van der Waals surface area (Å²) in [5, 5.41) is 0. The first-order valence-corrected chi connectivity index (χ1v) is 5.92. The van der Waals surface area contributed by atoms with E-state index >= 15 is 0 Å². The Balaban J connectivity index is 2.05. The van der Waals surface area contributed by atoms with Crippen LogP contribution in [-0.2, 0) is 6.54 Å². The number of likely N-dealkylation sites (tertiary alicyclic amines) is 1. The third-order valence-electron chi connectivity index (χ3n) is 2.84. The van der Waals surface area contributed by atoms with Crippen LogP contribution in [0.4, 0.5) is 0 Å². The van der Waals surface area contributed by atoms with Gasteiger partial charge in [0.15, 0.2) is 0 Å². The van der Waals surface area contributed by atoms with Crippen LogP contribution < -0.4 is 0 Å². The van der Waals surface area contributed by atoms with Gasteiger partial charge in [-0.3, -0.25) is 4.90 Å². The third kappa shape index (κ3) is 2.18. The predicted molar refractivity (Wildman–Crippen MR) is 63.3 cm³/mol. The van der Waals surface area contributed by atoms with Crippen molar-refractivity contribution in [3.63, 3.8) is 0 Å². The molecule has 2 heteroatoms. The molecule has 0 atom stereocenters. The summed E-state index contributed by atoms with van der Waals surface area (Å²) in [4.78, 5) is 2.50. The van der Waals surface area contributed by atoms with E-state index in [4.69, 9.17) is 0 Å². The second-order valence-electron chi connectivity index (χ2n) is 4.37. The highest BCUT2D eigenvalue weighted by molar-refractivity contribution is 9.10. The van der Waals surface area contributed by atoms with Crippen molar-refractivity contribution in [1.82, 2.24) is 4.90 Å². The molecule has 1 aliphatic heterocycles. The zero-order valence-corrected chi connectivity index (χ0v) is 10.3. The van der Waals surface area contributed by atoms with Crippen molar-refractivity contribution in [2.24, 2.45) is 5.92 Å². The van der Waals surface area contributed by atoms with Crippen molar-refractivity contribution in [3.8, 4) is 0 Å². The maximum absolute atomic E-state index is 3.52. The van der Waals surface area contributed by atoms with Gasteiger partial charge in [-0.15, -0.1) is 0 Å². The van der Waals surface area contributed by atoms with Crippen LogP contribution in [0.25, 0.3) is 0 Å². The minimum absolute atomic E-state index is 0.891. The summed E-state index contributed by atoms with van der Waals surface area (Å²) < 4.78 is 1.19. The summed E-state index contributed by atoms with van der Waals surface area (Å²) in [7, 11) is 0. The highest BCUT2D eigenvalue weighted by Crippen LogP contribution is 2.22. The zero-order valence-electron chi connectivity index (χ0n) is 8.76. The Morgan fingerprint density at radius 3 is 2.79 bits per heavy atom. The quantitative estimate of drug-likeness (QED) is 0.783. The Hall–Kier alpha value is -0.340. The van der Waals surface area contributed by atoms with E-state index in [1.54, 1.807) is 0 Å². The van der Waals surface area contributed by atoms with Gasteiger partial charge in [0.1, 0.15) is 0 Å². The molecule has 76 valence electrons. The number of benzene rings is 1. The summed E-state index contributed by atoms with van der Waals surface area (Å²) >= 11 is 3.52. The van der Waals surface area contributed by atoms with Crippen LogP contribution in [0, 0.1) is 12.8 Å². The van der Waals surface area contributed by atoms with Crippen molar-refractivity contribution >= 4 is 15.9 Å². The molecule has 0 aromatic heterocycles. The molecule has 0 bridgehead atoms. The Kier molecular flexibility index (Phi) is 2.93. The monoisotopic (exact) mass is 253 g/mol. The SMILES string of the molecule is Cc1ccc(Br)cc1CN1CC(C)C1. The van der Waals surface area contributed by atoms with Gasteiger partial charge in [0, 0.05) is 24.1 Å². The van der Waals surface area contributed by atoms with Crippen molar-refractivity contribution in [2.75, 3.05) is 13.1 Å². The van der Waals surface area contributed by atoms with Gasteiger partial charge in [0.25, 0.3) is 0 Å². The second kappa shape index (κ2) is 4.03. The van der Waals surface area contributed by atoms with Crippen molar-refractivity contribution in [3.05, 3.63) is 33.8 Å². The molecule has 1 aromatic rings. The van der Waals surface area contributed by atoms with E-state index in [1.807, 2.05) is 0 Å². The standard InChI is InChI=1S/C12H16BrN/c1-9-6-14(7-9)8-11-5-12(13)4-3-10(11)2/h3-5,9H,6-8H2,1-2H3. The lowest BCUT2D eigenvalue weighted by Crippen LogP contribution is -2.44. The Labute approximate surface area is 94.2 Å². The van der Waals surface area contributed by atoms with Crippen molar-refractivity contribution < 1.29 is 0 Å². The zero-order chi connectivity index (χ0) is 10.1. The van der Waals surface area contributed by atoms with Crippen LogP contribution in [0.5, 0.6) is 0 Å². The maximum Gasteiger partial charge on any atom is 0.0237 e. The van der Waals surface area contributed by atoms with Gasteiger partial charge >= 0.3 is 0 Å². The van der Waals surface area contributed by atoms with Crippen molar-refractivity contribution in [2.45, 2.75) is 20.4 Å². The lowest BCUT2D eigenvalue weighted by Gasteiger charge is -2.37. The summed E-state index contributed by atoms with van der Waals surface area (Å²) in [6, 6.07) is 6.53. The molecule has 1 saturated heterocycles. The van der Waals surface area contributed by atoms with Crippen LogP contribution in [-0.4, -0.2) is 18.0 Å². The van der Waals surface area contributed by atoms with E-state index in [0.29, 0.717) is 0 Å². The van der Waals surface area contributed by atoms with E-state index in [-0.39, 0.29) is 0 Å². The number of halogens is 1. The van der Waals surface area contributed by atoms with Gasteiger partial charge in [0.2, 0.25) is 0 Å². The molecule has 1 heterocycles. The minimum Gasteiger partial charge on any atom is -0.298 e. The summed E-state index contributed by atoms with van der Waals surface area (Å²) in [5.41, 5.74) is 2.85. The van der Waals surface area contributed by atoms with Gasteiger partial charge in [-0.05, 0) is 36.1 Å². The molecule has 0 spiro atoms. The maximum atomic E-state index is 3.52. The van der Waals surface area contributed by atoms with Gasteiger partial charge in [-0.25, -0.2) is 0 Å². The fourth-order valence-corrected chi connectivity index (χ4v) is 2.42. The average Bonchev–Trinajstić information content (AvgIpc) is 2.09. The minimum atomic E-state index is 0.891. The lowest BCUT2D eigenvalue weighted by molar-refractivity contribution is 0.104. The van der Waals surface area contributed by atoms with Crippen LogP contribution in [0.15, 0.2) is 22.7 Å². The largest absolute Gasteiger partial charge is 0.298 e. The molecule has 2 rings (SSSR count). The first-order valence-electron chi connectivity index (χ1n) is 5.12. The van der Waals surface area contributed by atoms with Gasteiger partial charge < -0.3 is 0 Å². The summed E-state index contributed by atoms with van der Waals surface area (Å²) in [5.74, 6) is 0.891. The van der Waals surface area contributed by atoms with Gasteiger partial charge in [-0.2, -0.15) is 0 Å². The molecular formula is C12H16BrN. The molecule has 1 nitrogen and oxygen atoms in total. The number of nitrogens with zero attached hydrogens (tertiary/aromatic N) is 1. The smallest absolute Gasteiger partial charge is 0.0237 e. The van der Waals surface area contributed by atoms with Crippen LogP contribution in [0.3, 0.4) is 0 Å². The Bertz CT molecular complexity index is 329. The summed E-state index contributed by atoms with van der Waals surface area (Å²) in [6.45, 7) is 8.11. The Morgan fingerprint density at radius 2 is 2.14 bits per heavy atom. The third-order valence-corrected chi connectivity index (χ3v) is 3.34. The molecule has 0 aliphatic carbocycles. The number of rotatable bonds is 2. The molecule has 14 heavy (non-hydrogen) atoms. The molecule has 0 unspecified atom stereocenters. The molecule has 0 amide bonds. The van der Waals surface area contributed by atoms with Crippen molar-refractivity contribution in [1.29, 1.82) is 0 Å². The second-order valence-corrected chi connectivity index (χ2v) is 5.29. The molecule has 1 fully saturated rings. The number of hydrogen-bond acceptors (Lipinski definition) is 1. The highest BCUT2D eigenvalue weighted by Gasteiger charge is 2.22. The highest BCUT2D eigenvalue weighted by atomic mass is 79.9. The number of aryl methyl sites for hydroxylation is 1. The molecule has 0 saturated carbocycles. The topological polar surface area (TPSA) is 3.24 Å².